The lowest BCUT2D eigenvalue weighted by atomic mass is 10.1. The van der Waals surface area contributed by atoms with E-state index >= 15 is 0 Å². The molecule has 0 amide bonds. The molecule has 0 saturated heterocycles. The summed E-state index contributed by atoms with van der Waals surface area (Å²) in [7, 11) is 0. The third-order valence-electron chi connectivity index (χ3n) is 5.80. The van der Waals surface area contributed by atoms with Crippen LogP contribution in [0.25, 0.3) is 22.3 Å². The number of rotatable bonds is 12. The number of aromatic carboxylic acids is 1. The topological polar surface area (TPSA) is 85.8 Å². The maximum absolute atomic E-state index is 11.2. The minimum absolute atomic E-state index is 0.215. The van der Waals surface area contributed by atoms with Crippen molar-refractivity contribution in [1.29, 1.82) is 0 Å². The average Bonchev–Trinajstić information content (AvgIpc) is 3.47. The first kappa shape index (κ1) is 21.7. The van der Waals surface area contributed by atoms with E-state index in [2.05, 4.69) is 36.3 Å². The van der Waals surface area contributed by atoms with Crippen LogP contribution in [-0.4, -0.2) is 35.2 Å². The van der Waals surface area contributed by atoms with Gasteiger partial charge in [0.25, 0.3) is 0 Å². The molecule has 0 aliphatic carbocycles. The molecule has 0 spiro atoms. The van der Waals surface area contributed by atoms with Crippen LogP contribution in [0.2, 0.25) is 0 Å². The SMILES string of the molecule is O=C(O)c1ccnc(-c2cc3ccn(CCCCCCCCCn4ccnc4)c3cn2)c1. The molecule has 0 radical (unpaired) electrons. The van der Waals surface area contributed by atoms with Crippen molar-refractivity contribution in [1.82, 2.24) is 24.1 Å². The molecule has 0 saturated carbocycles. The Balaban J connectivity index is 1.21. The summed E-state index contributed by atoms with van der Waals surface area (Å²) in [6.07, 6.45) is 20.0. The molecule has 7 heteroatoms. The predicted octanol–water partition coefficient (Wildman–Crippen LogP) is 5.42. The molecular formula is C25H29N5O2. The van der Waals surface area contributed by atoms with Crippen molar-refractivity contribution in [2.24, 2.45) is 0 Å². The minimum Gasteiger partial charge on any atom is -0.478 e. The van der Waals surface area contributed by atoms with Gasteiger partial charge < -0.3 is 14.2 Å². The number of nitrogens with zero attached hydrogens (tertiary/aromatic N) is 5. The second-order valence-corrected chi connectivity index (χ2v) is 8.15. The van der Waals surface area contributed by atoms with Crippen molar-refractivity contribution >= 4 is 16.9 Å². The third kappa shape index (κ3) is 5.60. The van der Waals surface area contributed by atoms with Crippen LogP contribution >= 0.6 is 0 Å². The van der Waals surface area contributed by atoms with E-state index in [1.807, 2.05) is 31.0 Å². The zero-order chi connectivity index (χ0) is 22.2. The van der Waals surface area contributed by atoms with Gasteiger partial charge in [0.15, 0.2) is 0 Å². The molecule has 0 unspecified atom stereocenters. The lowest BCUT2D eigenvalue weighted by Crippen LogP contribution is -1.99. The minimum atomic E-state index is -0.963. The summed E-state index contributed by atoms with van der Waals surface area (Å²) in [5, 5.41) is 10.3. The quantitative estimate of drug-likeness (QED) is 0.303. The fourth-order valence-electron chi connectivity index (χ4n) is 4.01. The van der Waals surface area contributed by atoms with Gasteiger partial charge in [-0.05, 0) is 37.1 Å². The zero-order valence-corrected chi connectivity index (χ0v) is 18.2. The lowest BCUT2D eigenvalue weighted by Gasteiger charge is -2.07. The standard InChI is InChI=1S/C25H29N5O2/c31-25(32)21-8-10-27-22(17-21)23-16-20-9-14-30(24(20)18-28-23)13-7-5-3-1-2-4-6-12-29-15-11-26-19-29/h8-11,14-19H,1-7,12-13H2,(H,31,32). The molecule has 1 N–H and O–H groups in total. The van der Waals surface area contributed by atoms with Gasteiger partial charge in [-0.2, -0.15) is 0 Å². The summed E-state index contributed by atoms with van der Waals surface area (Å²) < 4.78 is 4.39. The number of unbranched alkanes of at least 4 members (excludes halogenated alkanes) is 6. The molecule has 4 heterocycles. The Morgan fingerprint density at radius 2 is 1.59 bits per heavy atom. The first-order valence-electron chi connectivity index (χ1n) is 11.3. The molecule has 0 aliphatic rings. The lowest BCUT2D eigenvalue weighted by molar-refractivity contribution is 0.0697. The Hall–Kier alpha value is -3.48. The van der Waals surface area contributed by atoms with E-state index in [-0.39, 0.29) is 5.56 Å². The van der Waals surface area contributed by atoms with E-state index in [9.17, 15) is 9.90 Å². The predicted molar refractivity (Wildman–Crippen MR) is 124 cm³/mol. The van der Waals surface area contributed by atoms with E-state index in [1.54, 1.807) is 6.07 Å². The fraction of sp³-hybridized carbons (Fsp3) is 0.360. The highest BCUT2D eigenvalue weighted by Gasteiger charge is 2.09. The Kier molecular flexibility index (Phi) is 7.27. The number of aryl methyl sites for hydroxylation is 2. The summed E-state index contributed by atoms with van der Waals surface area (Å²) in [5.74, 6) is -0.963. The monoisotopic (exact) mass is 431 g/mol. The van der Waals surface area contributed by atoms with Crippen LogP contribution in [0.4, 0.5) is 0 Å². The van der Waals surface area contributed by atoms with Crippen molar-refractivity contribution in [3.05, 3.63) is 67.1 Å². The van der Waals surface area contributed by atoms with Crippen LogP contribution in [0.3, 0.4) is 0 Å². The summed E-state index contributed by atoms with van der Waals surface area (Å²) >= 11 is 0. The molecule has 0 aromatic carbocycles. The summed E-state index contributed by atoms with van der Waals surface area (Å²) in [5.41, 5.74) is 2.58. The Morgan fingerprint density at radius 3 is 2.34 bits per heavy atom. The first-order chi connectivity index (χ1) is 15.7. The first-order valence-corrected chi connectivity index (χ1v) is 11.3. The van der Waals surface area contributed by atoms with Gasteiger partial charge in [-0.15, -0.1) is 0 Å². The Labute approximate surface area is 187 Å². The normalized spacial score (nSPS) is 11.2. The number of imidazole rings is 1. The summed E-state index contributed by atoms with van der Waals surface area (Å²) in [6.45, 7) is 2.05. The maximum Gasteiger partial charge on any atom is 0.335 e. The summed E-state index contributed by atoms with van der Waals surface area (Å²) in [4.78, 5) is 24.1. The van der Waals surface area contributed by atoms with Crippen molar-refractivity contribution in [2.45, 2.75) is 58.0 Å². The second kappa shape index (κ2) is 10.7. The molecular weight excluding hydrogens is 402 g/mol. The Morgan fingerprint density at radius 1 is 0.844 bits per heavy atom. The van der Waals surface area contributed by atoms with Crippen LogP contribution in [0.5, 0.6) is 0 Å². The zero-order valence-electron chi connectivity index (χ0n) is 18.2. The fourth-order valence-corrected chi connectivity index (χ4v) is 4.01. The average molecular weight is 432 g/mol. The summed E-state index contributed by atoms with van der Waals surface area (Å²) in [6, 6.07) is 7.11. The third-order valence-corrected chi connectivity index (χ3v) is 5.80. The van der Waals surface area contributed by atoms with Crippen LogP contribution in [0, 0.1) is 0 Å². The van der Waals surface area contributed by atoms with Crippen molar-refractivity contribution in [3.63, 3.8) is 0 Å². The van der Waals surface area contributed by atoms with E-state index < -0.39 is 5.97 Å². The van der Waals surface area contributed by atoms with E-state index in [0.29, 0.717) is 11.4 Å². The van der Waals surface area contributed by atoms with Gasteiger partial charge in [0, 0.05) is 43.3 Å². The van der Waals surface area contributed by atoms with Gasteiger partial charge >= 0.3 is 5.97 Å². The van der Waals surface area contributed by atoms with Gasteiger partial charge in [0.2, 0.25) is 0 Å². The van der Waals surface area contributed by atoms with Crippen molar-refractivity contribution in [2.75, 3.05) is 0 Å². The molecule has 166 valence electrons. The molecule has 0 aliphatic heterocycles. The molecule has 4 aromatic rings. The number of hydrogen-bond donors (Lipinski definition) is 1. The van der Waals surface area contributed by atoms with Gasteiger partial charge in [-0.25, -0.2) is 9.78 Å². The smallest absolute Gasteiger partial charge is 0.335 e. The number of carboxylic acid groups (broad SMARTS) is 1. The highest BCUT2D eigenvalue weighted by Crippen LogP contribution is 2.23. The largest absolute Gasteiger partial charge is 0.478 e. The van der Waals surface area contributed by atoms with E-state index in [4.69, 9.17) is 0 Å². The van der Waals surface area contributed by atoms with Crippen molar-refractivity contribution < 1.29 is 9.90 Å². The van der Waals surface area contributed by atoms with Crippen LogP contribution in [0.1, 0.15) is 55.3 Å². The molecule has 7 nitrogen and oxygen atoms in total. The van der Waals surface area contributed by atoms with E-state index in [1.165, 1.54) is 50.8 Å². The number of carboxylic acids is 1. The number of aromatic nitrogens is 5. The molecule has 4 rings (SSSR count). The molecule has 0 atom stereocenters. The van der Waals surface area contributed by atoms with Crippen LogP contribution in [-0.2, 0) is 13.1 Å². The second-order valence-electron chi connectivity index (χ2n) is 8.15. The van der Waals surface area contributed by atoms with Crippen LogP contribution < -0.4 is 0 Å². The Bertz CT molecular complexity index is 1150. The van der Waals surface area contributed by atoms with Gasteiger partial charge in [-0.3, -0.25) is 9.97 Å². The maximum atomic E-state index is 11.2. The number of fused-ring (bicyclic) bond motifs is 1. The number of carbonyl (C=O) groups is 1. The van der Waals surface area contributed by atoms with E-state index in [0.717, 1.165) is 30.4 Å². The van der Waals surface area contributed by atoms with Gasteiger partial charge in [0.05, 0.1) is 35.0 Å². The van der Waals surface area contributed by atoms with Crippen molar-refractivity contribution in [3.8, 4) is 11.4 Å². The molecule has 0 fully saturated rings. The van der Waals surface area contributed by atoms with Gasteiger partial charge in [-0.1, -0.05) is 32.1 Å². The van der Waals surface area contributed by atoms with Crippen LogP contribution in [0.15, 0.2) is 61.6 Å². The highest BCUT2D eigenvalue weighted by atomic mass is 16.4. The highest BCUT2D eigenvalue weighted by molar-refractivity contribution is 5.89. The molecule has 32 heavy (non-hydrogen) atoms. The van der Waals surface area contributed by atoms with Gasteiger partial charge in [0.1, 0.15) is 0 Å². The molecule has 0 bridgehead atoms. The number of pyridine rings is 2. The molecule has 4 aromatic heterocycles. The number of hydrogen-bond acceptors (Lipinski definition) is 4.